The van der Waals surface area contributed by atoms with Crippen LogP contribution < -0.4 is 5.73 Å². The van der Waals surface area contributed by atoms with Crippen LogP contribution in [-0.4, -0.2) is 0 Å². The summed E-state index contributed by atoms with van der Waals surface area (Å²) in [6.45, 7) is 4.22. The highest BCUT2D eigenvalue weighted by Gasteiger charge is 2.18. The molecule has 0 fully saturated rings. The van der Waals surface area contributed by atoms with Crippen molar-refractivity contribution in [1.29, 1.82) is 0 Å². The molecule has 1 aromatic carbocycles. The molecule has 0 bridgehead atoms. The molecular weight excluding hydrogens is 362 g/mol. The van der Waals surface area contributed by atoms with Crippen molar-refractivity contribution in [3.8, 4) is 0 Å². The minimum absolute atomic E-state index is 0.0758. The van der Waals surface area contributed by atoms with E-state index in [0.717, 1.165) is 13.1 Å². The van der Waals surface area contributed by atoms with Gasteiger partial charge in [0.15, 0.2) is 0 Å². The third kappa shape index (κ3) is 2.65. The average Bonchev–Trinajstić information content (AvgIpc) is 2.57. The molecule has 0 aliphatic carbocycles. The second kappa shape index (κ2) is 5.22. The van der Waals surface area contributed by atoms with Gasteiger partial charge in [-0.05, 0) is 74.0 Å². The van der Waals surface area contributed by atoms with Crippen molar-refractivity contribution in [2.45, 2.75) is 19.9 Å². The quantitative estimate of drug-likeness (QED) is 0.791. The number of benzene rings is 1. The van der Waals surface area contributed by atoms with Crippen molar-refractivity contribution in [1.82, 2.24) is 0 Å². The Hall–Kier alpha value is -0.160. The minimum Gasteiger partial charge on any atom is -0.320 e. The lowest BCUT2D eigenvalue weighted by molar-refractivity contribution is 0.852. The summed E-state index contributed by atoms with van der Waals surface area (Å²) in [4.78, 5) is 0. The summed E-state index contributed by atoms with van der Waals surface area (Å²) in [5, 5.41) is 0. The summed E-state index contributed by atoms with van der Waals surface area (Å²) in [6, 6.07) is 8.30. The third-order valence-electron chi connectivity index (χ3n) is 2.87. The van der Waals surface area contributed by atoms with Gasteiger partial charge in [0.1, 0.15) is 0 Å². The molecule has 0 amide bonds. The van der Waals surface area contributed by atoms with Gasteiger partial charge in [-0.2, -0.15) is 0 Å². The van der Waals surface area contributed by atoms with Crippen LogP contribution in [0.3, 0.4) is 0 Å². The van der Waals surface area contributed by atoms with Crippen LogP contribution in [0.4, 0.5) is 0 Å². The predicted octanol–water partition coefficient (Wildman–Crippen LogP) is 4.94. The normalized spacial score (nSPS) is 12.8. The number of nitrogens with two attached hydrogens (primary N) is 1. The van der Waals surface area contributed by atoms with E-state index in [1.165, 1.54) is 16.7 Å². The molecular formula is C13H13Br2NS. The molecule has 0 spiro atoms. The van der Waals surface area contributed by atoms with E-state index in [-0.39, 0.29) is 6.04 Å². The highest BCUT2D eigenvalue weighted by Crippen LogP contribution is 2.38. The van der Waals surface area contributed by atoms with Gasteiger partial charge in [-0.25, -0.2) is 0 Å². The minimum atomic E-state index is -0.0758. The Labute approximate surface area is 122 Å². The smallest absolute Gasteiger partial charge is 0.0761 e. The fourth-order valence-electron chi connectivity index (χ4n) is 2.04. The number of thiophene rings is 1. The van der Waals surface area contributed by atoms with Gasteiger partial charge in [-0.1, -0.05) is 18.2 Å². The maximum absolute atomic E-state index is 6.39. The summed E-state index contributed by atoms with van der Waals surface area (Å²) in [5.74, 6) is 0. The van der Waals surface area contributed by atoms with Crippen LogP contribution in [-0.2, 0) is 0 Å². The van der Waals surface area contributed by atoms with Gasteiger partial charge in [-0.3, -0.25) is 0 Å². The topological polar surface area (TPSA) is 26.0 Å². The van der Waals surface area contributed by atoms with Gasteiger partial charge < -0.3 is 5.73 Å². The van der Waals surface area contributed by atoms with Crippen LogP contribution >= 0.6 is 43.2 Å². The van der Waals surface area contributed by atoms with E-state index >= 15 is 0 Å². The number of rotatable bonds is 2. The molecule has 1 aromatic heterocycles. The van der Waals surface area contributed by atoms with Crippen molar-refractivity contribution < 1.29 is 0 Å². The standard InChI is InChI=1S/C13H13Br2NS/c1-7-4-3-5-8(2)11(7)12(16)9-6-10(14)17-13(9)15/h3-6,12H,16H2,1-2H3. The summed E-state index contributed by atoms with van der Waals surface area (Å²) >= 11 is 8.72. The van der Waals surface area contributed by atoms with E-state index in [9.17, 15) is 0 Å². The molecule has 0 saturated heterocycles. The Balaban J connectivity index is 2.51. The molecule has 0 aliphatic heterocycles. The van der Waals surface area contributed by atoms with Crippen LogP contribution in [0.5, 0.6) is 0 Å². The van der Waals surface area contributed by atoms with Crippen molar-refractivity contribution >= 4 is 43.2 Å². The van der Waals surface area contributed by atoms with Gasteiger partial charge in [0, 0.05) is 0 Å². The van der Waals surface area contributed by atoms with Gasteiger partial charge in [0.25, 0.3) is 0 Å². The van der Waals surface area contributed by atoms with E-state index in [0.29, 0.717) is 0 Å². The number of aryl methyl sites for hydroxylation is 2. The number of hydrogen-bond donors (Lipinski definition) is 1. The Morgan fingerprint density at radius 1 is 1.18 bits per heavy atom. The van der Waals surface area contributed by atoms with Gasteiger partial charge >= 0.3 is 0 Å². The Morgan fingerprint density at radius 3 is 2.24 bits per heavy atom. The SMILES string of the molecule is Cc1cccc(C)c1C(N)c1cc(Br)sc1Br. The molecule has 4 heteroatoms. The molecule has 0 saturated carbocycles. The molecule has 1 nitrogen and oxygen atoms in total. The summed E-state index contributed by atoms with van der Waals surface area (Å²) < 4.78 is 2.19. The predicted molar refractivity (Wildman–Crippen MR) is 81.7 cm³/mol. The lowest BCUT2D eigenvalue weighted by atomic mass is 9.93. The van der Waals surface area contributed by atoms with Gasteiger partial charge in [-0.15, -0.1) is 11.3 Å². The molecule has 2 N–H and O–H groups in total. The summed E-state index contributed by atoms with van der Waals surface area (Å²) in [6.07, 6.45) is 0. The molecule has 2 rings (SSSR count). The largest absolute Gasteiger partial charge is 0.320 e. The van der Waals surface area contributed by atoms with E-state index in [1.54, 1.807) is 11.3 Å². The van der Waals surface area contributed by atoms with Crippen molar-refractivity contribution in [2.24, 2.45) is 5.73 Å². The first-order valence-corrected chi connectivity index (χ1v) is 7.67. The number of halogens is 2. The van der Waals surface area contributed by atoms with Gasteiger partial charge in [0.2, 0.25) is 0 Å². The molecule has 90 valence electrons. The second-order valence-electron chi connectivity index (χ2n) is 4.06. The first-order chi connectivity index (χ1) is 8.00. The molecule has 1 unspecified atom stereocenters. The molecule has 1 heterocycles. The summed E-state index contributed by atoms with van der Waals surface area (Å²) in [7, 11) is 0. The maximum atomic E-state index is 6.39. The molecule has 1 atom stereocenters. The van der Waals surface area contributed by atoms with Crippen LogP contribution in [0.1, 0.15) is 28.3 Å². The van der Waals surface area contributed by atoms with Crippen LogP contribution in [0.15, 0.2) is 31.8 Å². The van der Waals surface area contributed by atoms with E-state index in [1.807, 2.05) is 0 Å². The number of hydrogen-bond acceptors (Lipinski definition) is 2. The zero-order valence-corrected chi connectivity index (χ0v) is 13.6. The molecule has 2 aromatic rings. The zero-order chi connectivity index (χ0) is 12.6. The fourth-order valence-corrected chi connectivity index (χ4v) is 4.97. The van der Waals surface area contributed by atoms with E-state index < -0.39 is 0 Å². The monoisotopic (exact) mass is 373 g/mol. The average molecular weight is 375 g/mol. The molecule has 0 radical (unpaired) electrons. The first kappa shape index (κ1) is 13.3. The van der Waals surface area contributed by atoms with Crippen molar-refractivity contribution in [2.75, 3.05) is 0 Å². The first-order valence-electron chi connectivity index (χ1n) is 5.27. The van der Waals surface area contributed by atoms with Crippen LogP contribution in [0.2, 0.25) is 0 Å². The van der Waals surface area contributed by atoms with Crippen LogP contribution in [0, 0.1) is 13.8 Å². The Morgan fingerprint density at radius 2 is 1.76 bits per heavy atom. The molecule has 17 heavy (non-hydrogen) atoms. The lowest BCUT2D eigenvalue weighted by Gasteiger charge is -2.17. The summed E-state index contributed by atoms with van der Waals surface area (Å²) in [5.41, 5.74) is 11.2. The molecule has 0 aliphatic rings. The zero-order valence-electron chi connectivity index (χ0n) is 9.63. The lowest BCUT2D eigenvalue weighted by Crippen LogP contribution is -2.14. The highest BCUT2D eigenvalue weighted by atomic mass is 79.9. The Bertz CT molecular complexity index is 528. The third-order valence-corrected chi connectivity index (χ3v) is 5.26. The van der Waals surface area contributed by atoms with E-state index in [4.69, 9.17) is 5.73 Å². The Kier molecular flexibility index (Phi) is 4.08. The van der Waals surface area contributed by atoms with Crippen molar-refractivity contribution in [3.05, 3.63) is 54.1 Å². The van der Waals surface area contributed by atoms with E-state index in [2.05, 4.69) is 70.0 Å². The van der Waals surface area contributed by atoms with Gasteiger partial charge in [0.05, 0.1) is 13.6 Å². The second-order valence-corrected chi connectivity index (χ2v) is 7.81. The fraction of sp³-hybridized carbons (Fsp3) is 0.231. The van der Waals surface area contributed by atoms with Crippen LogP contribution in [0.25, 0.3) is 0 Å². The maximum Gasteiger partial charge on any atom is 0.0761 e. The van der Waals surface area contributed by atoms with Crippen molar-refractivity contribution in [3.63, 3.8) is 0 Å². The highest BCUT2D eigenvalue weighted by molar-refractivity contribution is 9.12.